The first kappa shape index (κ1) is 12.4. The second-order valence-corrected chi connectivity index (χ2v) is 6.00. The minimum atomic E-state index is 0.0972. The van der Waals surface area contributed by atoms with E-state index in [0.717, 1.165) is 38.5 Å². The van der Waals surface area contributed by atoms with Crippen molar-refractivity contribution in [2.75, 3.05) is 26.2 Å². The average molecular weight is 251 g/mol. The van der Waals surface area contributed by atoms with Gasteiger partial charge in [-0.15, -0.1) is 0 Å². The monoisotopic (exact) mass is 251 g/mol. The zero-order valence-corrected chi connectivity index (χ0v) is 11.4. The van der Waals surface area contributed by atoms with Gasteiger partial charge in [-0.1, -0.05) is 6.92 Å². The molecule has 18 heavy (non-hydrogen) atoms. The minimum absolute atomic E-state index is 0.0972. The molecule has 2 aliphatic heterocycles. The zero-order chi connectivity index (χ0) is 12.5. The van der Waals surface area contributed by atoms with Crippen molar-refractivity contribution >= 4 is 5.91 Å². The number of carbonyl (C=O) groups is 1. The summed E-state index contributed by atoms with van der Waals surface area (Å²) in [6.07, 6.45) is 6.03. The van der Waals surface area contributed by atoms with Crippen LogP contribution in [0, 0.1) is 0 Å². The Kier molecular flexibility index (Phi) is 3.57. The van der Waals surface area contributed by atoms with E-state index < -0.39 is 0 Å². The van der Waals surface area contributed by atoms with Crippen LogP contribution in [0.15, 0.2) is 0 Å². The van der Waals surface area contributed by atoms with Crippen LogP contribution in [-0.2, 0) is 4.79 Å². The molecule has 3 aliphatic rings. The molecule has 0 spiro atoms. The Morgan fingerprint density at radius 2 is 2.00 bits per heavy atom. The zero-order valence-electron chi connectivity index (χ0n) is 11.4. The van der Waals surface area contributed by atoms with Crippen molar-refractivity contribution in [3.8, 4) is 0 Å². The van der Waals surface area contributed by atoms with Gasteiger partial charge in [0.1, 0.15) is 0 Å². The maximum Gasteiger partial charge on any atom is 0.240 e. The molecule has 3 fully saturated rings. The summed E-state index contributed by atoms with van der Waals surface area (Å²) in [6, 6.07) is 1.44. The van der Waals surface area contributed by atoms with E-state index in [1.54, 1.807) is 0 Å². The molecule has 0 aromatic heterocycles. The van der Waals surface area contributed by atoms with E-state index in [1.165, 1.54) is 25.8 Å². The molecule has 4 heteroatoms. The maximum absolute atomic E-state index is 12.3. The van der Waals surface area contributed by atoms with Crippen LogP contribution >= 0.6 is 0 Å². The van der Waals surface area contributed by atoms with E-state index in [0.29, 0.717) is 11.9 Å². The van der Waals surface area contributed by atoms with Crippen LogP contribution in [0.2, 0.25) is 0 Å². The molecule has 1 amide bonds. The third-order valence-electron chi connectivity index (χ3n) is 4.58. The Labute approximate surface area is 110 Å². The van der Waals surface area contributed by atoms with Gasteiger partial charge in [-0.25, -0.2) is 0 Å². The standard InChI is InChI=1S/C14H25N3O/c1-2-7-15-13-6-9-17(14(13)18)12-5-8-16(10-12)11-3-4-11/h11-13,15H,2-10H2,1H3. The summed E-state index contributed by atoms with van der Waals surface area (Å²) < 4.78 is 0. The van der Waals surface area contributed by atoms with Gasteiger partial charge in [0.25, 0.3) is 0 Å². The molecule has 2 saturated heterocycles. The van der Waals surface area contributed by atoms with E-state index in [-0.39, 0.29) is 6.04 Å². The molecule has 4 nitrogen and oxygen atoms in total. The number of nitrogens with one attached hydrogen (secondary N) is 1. The largest absolute Gasteiger partial charge is 0.337 e. The summed E-state index contributed by atoms with van der Waals surface area (Å²) in [5.41, 5.74) is 0. The summed E-state index contributed by atoms with van der Waals surface area (Å²) in [5.74, 6) is 0.353. The predicted molar refractivity (Wildman–Crippen MR) is 71.4 cm³/mol. The van der Waals surface area contributed by atoms with Crippen molar-refractivity contribution in [3.63, 3.8) is 0 Å². The molecule has 0 aromatic rings. The highest BCUT2D eigenvalue weighted by Gasteiger charge is 2.41. The molecule has 0 radical (unpaired) electrons. The molecular weight excluding hydrogens is 226 g/mol. The predicted octanol–water partition coefficient (Wildman–Crippen LogP) is 0.824. The first-order valence-corrected chi connectivity index (χ1v) is 7.57. The summed E-state index contributed by atoms with van der Waals surface area (Å²) in [5, 5.41) is 3.38. The van der Waals surface area contributed by atoms with E-state index in [4.69, 9.17) is 0 Å². The van der Waals surface area contributed by atoms with E-state index in [1.807, 2.05) is 0 Å². The van der Waals surface area contributed by atoms with Crippen LogP contribution in [0.5, 0.6) is 0 Å². The molecule has 1 aliphatic carbocycles. The molecular formula is C14H25N3O. The minimum Gasteiger partial charge on any atom is -0.337 e. The number of carbonyl (C=O) groups excluding carboxylic acids is 1. The van der Waals surface area contributed by atoms with Crippen molar-refractivity contribution < 1.29 is 4.79 Å². The molecule has 1 N–H and O–H groups in total. The summed E-state index contributed by atoms with van der Waals surface area (Å²) in [6.45, 7) is 6.39. The lowest BCUT2D eigenvalue weighted by Gasteiger charge is -2.25. The van der Waals surface area contributed by atoms with Gasteiger partial charge in [-0.05, 0) is 38.6 Å². The Balaban J connectivity index is 1.52. The molecule has 2 heterocycles. The summed E-state index contributed by atoms with van der Waals surface area (Å²) in [4.78, 5) is 17.1. The van der Waals surface area contributed by atoms with Crippen LogP contribution in [0.25, 0.3) is 0 Å². The lowest BCUT2D eigenvalue weighted by Crippen LogP contribution is -2.44. The molecule has 102 valence electrons. The Bertz CT molecular complexity index is 316. The first-order chi connectivity index (χ1) is 8.79. The highest BCUT2D eigenvalue weighted by Crippen LogP contribution is 2.32. The van der Waals surface area contributed by atoms with Gasteiger partial charge >= 0.3 is 0 Å². The smallest absolute Gasteiger partial charge is 0.240 e. The Hall–Kier alpha value is -0.610. The normalized spacial score (nSPS) is 33.6. The van der Waals surface area contributed by atoms with Gasteiger partial charge in [-0.3, -0.25) is 9.69 Å². The van der Waals surface area contributed by atoms with Gasteiger partial charge in [0.2, 0.25) is 5.91 Å². The Morgan fingerprint density at radius 3 is 2.72 bits per heavy atom. The van der Waals surface area contributed by atoms with Crippen molar-refractivity contribution in [1.82, 2.24) is 15.1 Å². The SMILES string of the molecule is CCCNC1CCN(C2CCN(C3CC3)C2)C1=O. The quantitative estimate of drug-likeness (QED) is 0.786. The molecule has 2 unspecified atom stereocenters. The number of rotatable bonds is 5. The molecule has 1 saturated carbocycles. The fourth-order valence-corrected chi connectivity index (χ4v) is 3.37. The topological polar surface area (TPSA) is 35.6 Å². The maximum atomic E-state index is 12.3. The summed E-state index contributed by atoms with van der Waals surface area (Å²) >= 11 is 0. The van der Waals surface area contributed by atoms with Gasteiger partial charge < -0.3 is 10.2 Å². The molecule has 0 aromatic carbocycles. The van der Waals surface area contributed by atoms with Crippen molar-refractivity contribution in [2.24, 2.45) is 0 Å². The van der Waals surface area contributed by atoms with Crippen molar-refractivity contribution in [2.45, 2.75) is 57.2 Å². The number of hydrogen-bond acceptors (Lipinski definition) is 3. The number of likely N-dealkylation sites (tertiary alicyclic amines) is 2. The number of amides is 1. The third-order valence-corrected chi connectivity index (χ3v) is 4.58. The summed E-state index contributed by atoms with van der Waals surface area (Å²) in [7, 11) is 0. The molecule has 0 bridgehead atoms. The average Bonchev–Trinajstić information content (AvgIpc) is 3.00. The van der Waals surface area contributed by atoms with Crippen LogP contribution < -0.4 is 5.32 Å². The highest BCUT2D eigenvalue weighted by atomic mass is 16.2. The second-order valence-electron chi connectivity index (χ2n) is 6.00. The Morgan fingerprint density at radius 1 is 1.17 bits per heavy atom. The molecule has 2 atom stereocenters. The van der Waals surface area contributed by atoms with Crippen LogP contribution in [0.4, 0.5) is 0 Å². The lowest BCUT2D eigenvalue weighted by atomic mass is 10.2. The molecule has 3 rings (SSSR count). The number of nitrogens with zero attached hydrogens (tertiary/aromatic N) is 2. The number of hydrogen-bond donors (Lipinski definition) is 1. The van der Waals surface area contributed by atoms with Gasteiger partial charge in [0.15, 0.2) is 0 Å². The van der Waals surface area contributed by atoms with Crippen LogP contribution in [-0.4, -0.2) is 60.0 Å². The third kappa shape index (κ3) is 2.41. The van der Waals surface area contributed by atoms with Gasteiger partial charge in [-0.2, -0.15) is 0 Å². The van der Waals surface area contributed by atoms with Crippen molar-refractivity contribution in [3.05, 3.63) is 0 Å². The fraction of sp³-hybridized carbons (Fsp3) is 0.929. The van der Waals surface area contributed by atoms with E-state index in [9.17, 15) is 4.79 Å². The van der Waals surface area contributed by atoms with Crippen LogP contribution in [0.3, 0.4) is 0 Å². The second kappa shape index (κ2) is 5.17. The van der Waals surface area contributed by atoms with Crippen molar-refractivity contribution in [1.29, 1.82) is 0 Å². The highest BCUT2D eigenvalue weighted by molar-refractivity contribution is 5.84. The van der Waals surface area contributed by atoms with Gasteiger partial charge in [0, 0.05) is 31.7 Å². The van der Waals surface area contributed by atoms with E-state index in [2.05, 4.69) is 22.0 Å². The van der Waals surface area contributed by atoms with Gasteiger partial charge in [0.05, 0.1) is 6.04 Å². The lowest BCUT2D eigenvalue weighted by molar-refractivity contribution is -0.131. The van der Waals surface area contributed by atoms with Crippen LogP contribution in [0.1, 0.15) is 39.0 Å². The fourth-order valence-electron chi connectivity index (χ4n) is 3.37. The first-order valence-electron chi connectivity index (χ1n) is 7.57. The van der Waals surface area contributed by atoms with E-state index >= 15 is 0 Å².